The Kier molecular flexibility index (Phi) is 5.35. The minimum absolute atomic E-state index is 0.279. The van der Waals surface area contributed by atoms with Gasteiger partial charge in [-0.25, -0.2) is 0 Å². The summed E-state index contributed by atoms with van der Waals surface area (Å²) in [4.78, 5) is 2.33. The molecule has 0 aromatic heterocycles. The predicted octanol–water partition coefficient (Wildman–Crippen LogP) is 0.727. The van der Waals surface area contributed by atoms with Crippen molar-refractivity contribution in [2.24, 2.45) is 5.92 Å². The SMILES string of the molecule is CCOC[C@@H]1CCCN(CCO)C1. The number of rotatable bonds is 5. The first kappa shape index (κ1) is 11.0. The maximum absolute atomic E-state index is 8.81. The molecule has 0 aliphatic carbocycles. The average molecular weight is 187 g/mol. The number of hydrogen-bond donors (Lipinski definition) is 1. The van der Waals surface area contributed by atoms with Gasteiger partial charge in [0.15, 0.2) is 0 Å². The van der Waals surface area contributed by atoms with Gasteiger partial charge in [0.25, 0.3) is 0 Å². The molecule has 1 rings (SSSR count). The van der Waals surface area contributed by atoms with E-state index in [1.165, 1.54) is 12.8 Å². The number of nitrogens with zero attached hydrogens (tertiary/aromatic N) is 1. The fourth-order valence-corrected chi connectivity index (χ4v) is 1.92. The molecule has 1 fully saturated rings. The molecule has 1 aliphatic rings. The molecule has 0 aromatic rings. The van der Waals surface area contributed by atoms with Gasteiger partial charge in [0, 0.05) is 19.7 Å². The highest BCUT2D eigenvalue weighted by Crippen LogP contribution is 2.16. The van der Waals surface area contributed by atoms with Crippen molar-refractivity contribution >= 4 is 0 Å². The van der Waals surface area contributed by atoms with Gasteiger partial charge in [0.2, 0.25) is 0 Å². The van der Waals surface area contributed by atoms with Gasteiger partial charge in [0.1, 0.15) is 0 Å². The summed E-state index contributed by atoms with van der Waals surface area (Å²) in [6.07, 6.45) is 2.53. The lowest BCUT2D eigenvalue weighted by Gasteiger charge is -2.31. The van der Waals surface area contributed by atoms with E-state index in [1.807, 2.05) is 6.92 Å². The summed E-state index contributed by atoms with van der Waals surface area (Å²) in [7, 11) is 0. The molecule has 0 amide bonds. The van der Waals surface area contributed by atoms with E-state index in [4.69, 9.17) is 9.84 Å². The quantitative estimate of drug-likeness (QED) is 0.688. The van der Waals surface area contributed by atoms with Crippen LogP contribution in [0.15, 0.2) is 0 Å². The summed E-state index contributed by atoms with van der Waals surface area (Å²) in [5.74, 6) is 0.681. The Balaban J connectivity index is 2.16. The van der Waals surface area contributed by atoms with Gasteiger partial charge in [-0.15, -0.1) is 0 Å². The van der Waals surface area contributed by atoms with Gasteiger partial charge < -0.3 is 14.7 Å². The minimum atomic E-state index is 0.279. The highest BCUT2D eigenvalue weighted by atomic mass is 16.5. The standard InChI is InChI=1S/C10H21NO2/c1-2-13-9-10-4-3-5-11(8-10)6-7-12/h10,12H,2-9H2,1H3/t10-/m1/s1. The zero-order chi connectivity index (χ0) is 9.52. The second-order valence-corrected chi connectivity index (χ2v) is 3.69. The highest BCUT2D eigenvalue weighted by molar-refractivity contribution is 4.72. The van der Waals surface area contributed by atoms with Crippen LogP contribution in [0.5, 0.6) is 0 Å². The number of ether oxygens (including phenoxy) is 1. The molecule has 13 heavy (non-hydrogen) atoms. The van der Waals surface area contributed by atoms with E-state index in [0.717, 1.165) is 32.8 Å². The summed E-state index contributed by atoms with van der Waals surface area (Å²) in [5.41, 5.74) is 0. The highest BCUT2D eigenvalue weighted by Gasteiger charge is 2.18. The molecule has 1 N–H and O–H groups in total. The number of β-amino-alcohol motifs (C(OH)–C–C–N with tert-alkyl or cyclic N) is 1. The fraction of sp³-hybridized carbons (Fsp3) is 1.00. The van der Waals surface area contributed by atoms with Crippen LogP contribution in [0.4, 0.5) is 0 Å². The second kappa shape index (κ2) is 6.35. The van der Waals surface area contributed by atoms with Crippen LogP contribution < -0.4 is 0 Å². The lowest BCUT2D eigenvalue weighted by molar-refractivity contribution is 0.0610. The van der Waals surface area contributed by atoms with Crippen molar-refractivity contribution in [3.8, 4) is 0 Å². The van der Waals surface area contributed by atoms with Gasteiger partial charge >= 0.3 is 0 Å². The number of hydrogen-bond acceptors (Lipinski definition) is 3. The number of piperidine rings is 1. The van der Waals surface area contributed by atoms with E-state index in [0.29, 0.717) is 5.92 Å². The summed E-state index contributed by atoms with van der Waals surface area (Å²) in [5, 5.41) is 8.81. The van der Waals surface area contributed by atoms with Crippen molar-refractivity contribution in [1.82, 2.24) is 4.90 Å². The van der Waals surface area contributed by atoms with Gasteiger partial charge in [-0.2, -0.15) is 0 Å². The fourth-order valence-electron chi connectivity index (χ4n) is 1.92. The van der Waals surface area contributed by atoms with Gasteiger partial charge in [-0.05, 0) is 32.2 Å². The smallest absolute Gasteiger partial charge is 0.0558 e. The van der Waals surface area contributed by atoms with Crippen LogP contribution >= 0.6 is 0 Å². The molecule has 0 spiro atoms. The third-order valence-corrected chi connectivity index (χ3v) is 2.58. The monoisotopic (exact) mass is 187 g/mol. The molecule has 3 heteroatoms. The molecule has 0 aromatic carbocycles. The summed E-state index contributed by atoms with van der Waals surface area (Å²) in [6, 6.07) is 0. The normalized spacial score (nSPS) is 24.9. The van der Waals surface area contributed by atoms with Crippen LogP contribution in [-0.2, 0) is 4.74 Å². The Bertz CT molecular complexity index is 128. The number of aliphatic hydroxyl groups is 1. The van der Waals surface area contributed by atoms with Gasteiger partial charge in [-0.3, -0.25) is 0 Å². The third-order valence-electron chi connectivity index (χ3n) is 2.58. The summed E-state index contributed by atoms with van der Waals surface area (Å²) in [6.45, 7) is 7.08. The number of likely N-dealkylation sites (tertiary alicyclic amines) is 1. The summed E-state index contributed by atoms with van der Waals surface area (Å²) >= 11 is 0. The molecule has 3 nitrogen and oxygen atoms in total. The minimum Gasteiger partial charge on any atom is -0.395 e. The Hall–Kier alpha value is -0.120. The molecule has 78 valence electrons. The Morgan fingerprint density at radius 2 is 2.38 bits per heavy atom. The summed E-state index contributed by atoms with van der Waals surface area (Å²) < 4.78 is 5.41. The molecule has 0 unspecified atom stereocenters. The lowest BCUT2D eigenvalue weighted by atomic mass is 9.99. The van der Waals surface area contributed by atoms with E-state index in [2.05, 4.69) is 4.90 Å². The first-order chi connectivity index (χ1) is 6.36. The Morgan fingerprint density at radius 3 is 3.08 bits per heavy atom. The molecule has 1 aliphatic heterocycles. The predicted molar refractivity (Wildman–Crippen MR) is 52.7 cm³/mol. The van der Waals surface area contributed by atoms with Crippen molar-refractivity contribution in [2.45, 2.75) is 19.8 Å². The average Bonchev–Trinajstić information content (AvgIpc) is 2.16. The molecule has 1 heterocycles. The lowest BCUT2D eigenvalue weighted by Crippen LogP contribution is -2.38. The third kappa shape index (κ3) is 4.07. The number of aliphatic hydroxyl groups excluding tert-OH is 1. The van der Waals surface area contributed by atoms with E-state index in [-0.39, 0.29) is 6.61 Å². The maximum atomic E-state index is 8.81. The second-order valence-electron chi connectivity index (χ2n) is 3.69. The molecular formula is C10H21NO2. The largest absolute Gasteiger partial charge is 0.395 e. The molecular weight excluding hydrogens is 166 g/mol. The van der Waals surface area contributed by atoms with E-state index in [1.54, 1.807) is 0 Å². The van der Waals surface area contributed by atoms with E-state index < -0.39 is 0 Å². The molecule has 0 saturated carbocycles. The topological polar surface area (TPSA) is 32.7 Å². The maximum Gasteiger partial charge on any atom is 0.0558 e. The molecule has 1 saturated heterocycles. The van der Waals surface area contributed by atoms with Crippen LogP contribution in [0, 0.1) is 5.92 Å². The van der Waals surface area contributed by atoms with Crippen molar-refractivity contribution in [3.63, 3.8) is 0 Å². The molecule has 0 radical (unpaired) electrons. The zero-order valence-corrected chi connectivity index (χ0v) is 8.54. The van der Waals surface area contributed by atoms with Crippen molar-refractivity contribution in [3.05, 3.63) is 0 Å². The first-order valence-electron chi connectivity index (χ1n) is 5.27. The van der Waals surface area contributed by atoms with Crippen LogP contribution in [-0.4, -0.2) is 49.5 Å². The van der Waals surface area contributed by atoms with Crippen LogP contribution in [0.2, 0.25) is 0 Å². The van der Waals surface area contributed by atoms with E-state index >= 15 is 0 Å². The van der Waals surface area contributed by atoms with Crippen molar-refractivity contribution < 1.29 is 9.84 Å². The Morgan fingerprint density at radius 1 is 1.54 bits per heavy atom. The van der Waals surface area contributed by atoms with Gasteiger partial charge in [-0.1, -0.05) is 0 Å². The Labute approximate surface area is 80.7 Å². The van der Waals surface area contributed by atoms with Crippen LogP contribution in [0.3, 0.4) is 0 Å². The van der Waals surface area contributed by atoms with E-state index in [9.17, 15) is 0 Å². The molecule has 0 bridgehead atoms. The molecule has 1 atom stereocenters. The zero-order valence-electron chi connectivity index (χ0n) is 8.54. The van der Waals surface area contributed by atoms with Crippen molar-refractivity contribution in [1.29, 1.82) is 0 Å². The van der Waals surface area contributed by atoms with Crippen LogP contribution in [0.25, 0.3) is 0 Å². The van der Waals surface area contributed by atoms with Crippen molar-refractivity contribution in [2.75, 3.05) is 39.5 Å². The first-order valence-corrected chi connectivity index (χ1v) is 5.27. The van der Waals surface area contributed by atoms with Crippen LogP contribution in [0.1, 0.15) is 19.8 Å². The van der Waals surface area contributed by atoms with Gasteiger partial charge in [0.05, 0.1) is 13.2 Å².